The minimum Gasteiger partial charge on any atom is -0.351 e. The summed E-state index contributed by atoms with van der Waals surface area (Å²) in [6.45, 7) is 0. The van der Waals surface area contributed by atoms with Gasteiger partial charge in [0.15, 0.2) is 17.0 Å². The summed E-state index contributed by atoms with van der Waals surface area (Å²) in [7, 11) is 0. The molecule has 9 heteroatoms. The van der Waals surface area contributed by atoms with Gasteiger partial charge in [-0.15, -0.1) is 0 Å². The highest BCUT2D eigenvalue weighted by Gasteiger charge is 2.24. The zero-order valence-corrected chi connectivity index (χ0v) is 17.5. The molecule has 2 saturated carbocycles. The minimum atomic E-state index is -0.339. The number of halogens is 1. The summed E-state index contributed by atoms with van der Waals surface area (Å²) in [4.78, 5) is 14.1. The van der Waals surface area contributed by atoms with Crippen LogP contribution in [0.2, 0.25) is 0 Å². The van der Waals surface area contributed by atoms with Gasteiger partial charge in [0.25, 0.3) is 0 Å². The molecule has 5 rings (SSSR count). The molecule has 0 amide bonds. The molecule has 0 atom stereocenters. The Kier molecular flexibility index (Phi) is 5.59. The summed E-state index contributed by atoms with van der Waals surface area (Å²) in [5, 5.41) is 3.49. The van der Waals surface area contributed by atoms with E-state index in [2.05, 4.69) is 30.7 Å². The standard InChI is InChI=1S/C22H29FN8/c23-17-7-3-4-8-18(17)29-30-20-19-21(31(13-25-19)16-5-1-2-6-16)28-22(27-20)26-15-11-9-14(24)10-12-15/h3-4,7-8,13-16,29H,1-2,5-6,9-12,24H2,(H2,26,27,28,30). The first kappa shape index (κ1) is 20.0. The molecule has 2 aliphatic carbocycles. The van der Waals surface area contributed by atoms with Gasteiger partial charge in [0.1, 0.15) is 5.82 Å². The number of nitrogens with one attached hydrogen (secondary N) is 3. The summed E-state index contributed by atoms with van der Waals surface area (Å²) in [5.41, 5.74) is 13.9. The van der Waals surface area contributed by atoms with E-state index in [0.717, 1.165) is 44.2 Å². The maximum Gasteiger partial charge on any atom is 0.227 e. The van der Waals surface area contributed by atoms with Crippen molar-refractivity contribution in [1.82, 2.24) is 19.5 Å². The van der Waals surface area contributed by atoms with Gasteiger partial charge in [-0.2, -0.15) is 9.97 Å². The number of hydrazine groups is 1. The number of hydrogen-bond acceptors (Lipinski definition) is 7. The van der Waals surface area contributed by atoms with E-state index < -0.39 is 0 Å². The van der Waals surface area contributed by atoms with Crippen molar-refractivity contribution in [3.63, 3.8) is 0 Å². The monoisotopic (exact) mass is 424 g/mol. The number of para-hydroxylation sites is 1. The zero-order chi connectivity index (χ0) is 21.2. The fourth-order valence-corrected chi connectivity index (χ4v) is 4.65. The normalized spacial score (nSPS) is 22.0. The molecule has 0 radical (unpaired) electrons. The number of rotatable bonds is 6. The van der Waals surface area contributed by atoms with Crippen LogP contribution in [0.25, 0.3) is 11.2 Å². The van der Waals surface area contributed by atoms with E-state index in [9.17, 15) is 4.39 Å². The Morgan fingerprint density at radius 3 is 2.52 bits per heavy atom. The Morgan fingerprint density at radius 1 is 0.968 bits per heavy atom. The summed E-state index contributed by atoms with van der Waals surface area (Å²) in [6, 6.07) is 7.51. The average molecular weight is 425 g/mol. The molecule has 31 heavy (non-hydrogen) atoms. The summed E-state index contributed by atoms with van der Waals surface area (Å²) < 4.78 is 16.2. The quantitative estimate of drug-likeness (QED) is 0.440. The van der Waals surface area contributed by atoms with Gasteiger partial charge in [-0.25, -0.2) is 9.37 Å². The van der Waals surface area contributed by atoms with Gasteiger partial charge in [0.05, 0.1) is 12.0 Å². The summed E-state index contributed by atoms with van der Waals surface area (Å²) >= 11 is 0. The molecule has 2 heterocycles. The molecule has 0 unspecified atom stereocenters. The van der Waals surface area contributed by atoms with E-state index in [1.807, 2.05) is 6.33 Å². The molecular weight excluding hydrogens is 395 g/mol. The fraction of sp³-hybridized carbons (Fsp3) is 0.500. The third kappa shape index (κ3) is 4.27. The largest absolute Gasteiger partial charge is 0.351 e. The average Bonchev–Trinajstić information content (AvgIpc) is 3.44. The van der Waals surface area contributed by atoms with Crippen LogP contribution in [0, 0.1) is 5.82 Å². The van der Waals surface area contributed by atoms with Gasteiger partial charge in [-0.1, -0.05) is 25.0 Å². The van der Waals surface area contributed by atoms with Gasteiger partial charge >= 0.3 is 0 Å². The second-order valence-corrected chi connectivity index (χ2v) is 8.64. The Bertz CT molecular complexity index is 1040. The van der Waals surface area contributed by atoms with Crippen LogP contribution in [0.4, 0.5) is 21.8 Å². The van der Waals surface area contributed by atoms with Crippen molar-refractivity contribution < 1.29 is 4.39 Å². The first-order valence-electron chi connectivity index (χ1n) is 11.2. The first-order chi connectivity index (χ1) is 15.2. The third-order valence-corrected chi connectivity index (χ3v) is 6.43. The predicted molar refractivity (Wildman–Crippen MR) is 120 cm³/mol. The van der Waals surface area contributed by atoms with Crippen LogP contribution in [0.15, 0.2) is 30.6 Å². The van der Waals surface area contributed by atoms with Gasteiger partial charge in [0.2, 0.25) is 5.95 Å². The molecule has 5 N–H and O–H groups in total. The Hall–Kier alpha value is -2.94. The molecule has 0 saturated heterocycles. The van der Waals surface area contributed by atoms with Crippen LogP contribution < -0.4 is 21.9 Å². The lowest BCUT2D eigenvalue weighted by Gasteiger charge is -2.27. The Labute approximate surface area is 180 Å². The molecule has 8 nitrogen and oxygen atoms in total. The van der Waals surface area contributed by atoms with Crippen LogP contribution in [-0.4, -0.2) is 31.6 Å². The molecule has 0 bridgehead atoms. The van der Waals surface area contributed by atoms with Crippen molar-refractivity contribution in [2.45, 2.75) is 69.5 Å². The van der Waals surface area contributed by atoms with Gasteiger partial charge < -0.3 is 15.6 Å². The lowest BCUT2D eigenvalue weighted by Crippen LogP contribution is -2.33. The Balaban J connectivity index is 1.45. The second-order valence-electron chi connectivity index (χ2n) is 8.64. The van der Waals surface area contributed by atoms with Crippen molar-refractivity contribution in [3.8, 4) is 0 Å². The van der Waals surface area contributed by atoms with Gasteiger partial charge in [0, 0.05) is 18.1 Å². The Morgan fingerprint density at radius 2 is 1.74 bits per heavy atom. The van der Waals surface area contributed by atoms with E-state index in [1.165, 1.54) is 18.9 Å². The van der Waals surface area contributed by atoms with Crippen molar-refractivity contribution in [1.29, 1.82) is 0 Å². The molecule has 1 aromatic carbocycles. The highest BCUT2D eigenvalue weighted by Crippen LogP contribution is 2.33. The zero-order valence-electron chi connectivity index (χ0n) is 17.5. The number of benzene rings is 1. The lowest BCUT2D eigenvalue weighted by molar-refractivity contribution is 0.410. The molecule has 3 aromatic rings. The van der Waals surface area contributed by atoms with Crippen molar-refractivity contribution >= 4 is 28.6 Å². The molecule has 2 aliphatic rings. The van der Waals surface area contributed by atoms with Crippen LogP contribution in [0.3, 0.4) is 0 Å². The van der Waals surface area contributed by atoms with Crippen molar-refractivity contribution in [2.75, 3.05) is 16.2 Å². The maximum absolute atomic E-state index is 14.1. The molecule has 0 aliphatic heterocycles. The van der Waals surface area contributed by atoms with Gasteiger partial charge in [-0.3, -0.25) is 10.9 Å². The number of nitrogens with two attached hydrogens (primary N) is 1. The molecule has 2 aromatic heterocycles. The molecule has 0 spiro atoms. The lowest BCUT2D eigenvalue weighted by atomic mass is 9.92. The topological polar surface area (TPSA) is 106 Å². The summed E-state index contributed by atoms with van der Waals surface area (Å²) in [5.74, 6) is 0.749. The second kappa shape index (κ2) is 8.66. The van der Waals surface area contributed by atoms with E-state index in [0.29, 0.717) is 35.1 Å². The number of imidazole rings is 1. The maximum atomic E-state index is 14.1. The van der Waals surface area contributed by atoms with Crippen molar-refractivity contribution in [2.24, 2.45) is 5.73 Å². The molecule has 164 valence electrons. The van der Waals surface area contributed by atoms with E-state index >= 15 is 0 Å². The van der Waals surface area contributed by atoms with E-state index in [4.69, 9.17) is 10.7 Å². The number of aromatic nitrogens is 4. The van der Waals surface area contributed by atoms with Crippen LogP contribution in [-0.2, 0) is 0 Å². The predicted octanol–water partition coefficient (Wildman–Crippen LogP) is 4.20. The number of fused-ring (bicyclic) bond motifs is 1. The number of nitrogens with zero attached hydrogens (tertiary/aromatic N) is 4. The van der Waals surface area contributed by atoms with E-state index in [-0.39, 0.29) is 11.9 Å². The minimum absolute atomic E-state index is 0.285. The van der Waals surface area contributed by atoms with Gasteiger partial charge in [-0.05, 0) is 50.7 Å². The SMILES string of the molecule is NC1CCC(Nc2nc(NNc3ccccc3F)c3ncn(C4CCCC4)c3n2)CC1. The van der Waals surface area contributed by atoms with E-state index in [1.54, 1.807) is 18.2 Å². The summed E-state index contributed by atoms with van der Waals surface area (Å²) in [6.07, 6.45) is 10.6. The number of hydrogen-bond donors (Lipinski definition) is 4. The molecular formula is C22H29FN8. The highest BCUT2D eigenvalue weighted by molar-refractivity contribution is 5.85. The first-order valence-corrected chi connectivity index (χ1v) is 11.2. The van der Waals surface area contributed by atoms with Crippen LogP contribution in [0.5, 0.6) is 0 Å². The highest BCUT2D eigenvalue weighted by atomic mass is 19.1. The van der Waals surface area contributed by atoms with Crippen molar-refractivity contribution in [3.05, 3.63) is 36.4 Å². The van der Waals surface area contributed by atoms with Crippen LogP contribution in [0.1, 0.15) is 57.4 Å². The third-order valence-electron chi connectivity index (χ3n) is 6.43. The molecule has 2 fully saturated rings. The smallest absolute Gasteiger partial charge is 0.227 e. The van der Waals surface area contributed by atoms with Crippen LogP contribution >= 0.6 is 0 Å². The fourth-order valence-electron chi connectivity index (χ4n) is 4.65. The number of anilines is 3.